The molecule has 1 aliphatic rings. The summed E-state index contributed by atoms with van der Waals surface area (Å²) in [6.45, 7) is 7.61. The number of hydrogen-bond acceptors (Lipinski definition) is 1. The number of likely N-dealkylation sites (tertiary alicyclic amines) is 1. The number of amides is 2. The molecule has 0 unspecified atom stereocenters. The number of H-pyrrole nitrogens is 1. The van der Waals surface area contributed by atoms with Gasteiger partial charge < -0.3 is 15.2 Å². The van der Waals surface area contributed by atoms with Crippen molar-refractivity contribution in [1.29, 1.82) is 0 Å². The lowest BCUT2D eigenvalue weighted by atomic mass is 9.93. The number of benzene rings is 1. The largest absolute Gasteiger partial charge is 0.358 e. The van der Waals surface area contributed by atoms with Gasteiger partial charge in [0.1, 0.15) is 0 Å². The number of urea groups is 1. The molecule has 3 rings (SSSR count). The third-order valence-corrected chi connectivity index (χ3v) is 4.54. The second-order valence-electron chi connectivity index (χ2n) is 7.40. The summed E-state index contributed by atoms with van der Waals surface area (Å²) in [5.74, 6) is 0.472. The summed E-state index contributed by atoms with van der Waals surface area (Å²) in [4.78, 5) is 17.6. The summed E-state index contributed by atoms with van der Waals surface area (Å²) in [5.41, 5.74) is 2.18. The van der Waals surface area contributed by atoms with Crippen LogP contribution in [0.25, 0.3) is 10.9 Å². The van der Waals surface area contributed by atoms with E-state index in [4.69, 9.17) is 11.6 Å². The van der Waals surface area contributed by atoms with E-state index < -0.39 is 0 Å². The lowest BCUT2D eigenvalue weighted by Crippen LogP contribution is -2.50. The van der Waals surface area contributed by atoms with E-state index in [0.717, 1.165) is 41.9 Å². The lowest BCUT2D eigenvalue weighted by molar-refractivity contribution is 0.173. The van der Waals surface area contributed by atoms with Gasteiger partial charge >= 0.3 is 6.03 Å². The third kappa shape index (κ3) is 3.81. The molecule has 1 fully saturated rings. The first-order valence-electron chi connectivity index (χ1n) is 8.17. The molecule has 0 saturated carbocycles. The fourth-order valence-corrected chi connectivity index (χ4v) is 3.32. The Hall–Kier alpha value is -1.68. The minimum absolute atomic E-state index is 0.0411. The summed E-state index contributed by atoms with van der Waals surface area (Å²) < 4.78 is 0. The molecular weight excluding hydrogens is 310 g/mol. The highest BCUT2D eigenvalue weighted by Gasteiger charge is 2.26. The quantitative estimate of drug-likeness (QED) is 0.792. The average Bonchev–Trinajstić information content (AvgIpc) is 2.88. The molecule has 0 aliphatic carbocycles. The van der Waals surface area contributed by atoms with Crippen molar-refractivity contribution in [2.45, 2.75) is 45.1 Å². The van der Waals surface area contributed by atoms with Gasteiger partial charge in [0, 0.05) is 46.2 Å². The zero-order valence-electron chi connectivity index (χ0n) is 13.9. The maximum Gasteiger partial charge on any atom is 0.317 e. The van der Waals surface area contributed by atoms with Crippen LogP contribution in [0, 0.1) is 0 Å². The summed E-state index contributed by atoms with van der Waals surface area (Å²) in [6.07, 6.45) is 1.97. The predicted molar refractivity (Wildman–Crippen MR) is 95.1 cm³/mol. The van der Waals surface area contributed by atoms with E-state index in [1.807, 2.05) is 43.9 Å². The highest BCUT2D eigenvalue weighted by Crippen LogP contribution is 2.30. The first-order valence-corrected chi connectivity index (χ1v) is 8.55. The molecule has 1 aromatic carbocycles. The molecule has 0 spiro atoms. The number of piperidine rings is 1. The number of aromatic amines is 1. The van der Waals surface area contributed by atoms with Crippen molar-refractivity contribution in [3.8, 4) is 0 Å². The fourth-order valence-electron chi connectivity index (χ4n) is 3.14. The number of rotatable bonds is 1. The SMILES string of the molecule is CC(C)(C)NC(=O)N1CCC(c2cc3cc(Cl)ccc3[nH]2)CC1. The van der Waals surface area contributed by atoms with Crippen LogP contribution < -0.4 is 5.32 Å². The van der Waals surface area contributed by atoms with Crippen LogP contribution in [0.3, 0.4) is 0 Å². The number of hydrogen-bond donors (Lipinski definition) is 2. The molecule has 0 atom stereocenters. The van der Waals surface area contributed by atoms with E-state index in [9.17, 15) is 4.79 Å². The molecule has 2 heterocycles. The van der Waals surface area contributed by atoms with E-state index in [-0.39, 0.29) is 11.6 Å². The number of carbonyl (C=O) groups is 1. The Morgan fingerprint density at radius 2 is 1.96 bits per heavy atom. The number of nitrogens with zero attached hydrogens (tertiary/aromatic N) is 1. The van der Waals surface area contributed by atoms with Crippen molar-refractivity contribution in [3.05, 3.63) is 35.0 Å². The van der Waals surface area contributed by atoms with Gasteiger partial charge in [0.25, 0.3) is 0 Å². The number of carbonyl (C=O) groups excluding carboxylic acids is 1. The fraction of sp³-hybridized carbons (Fsp3) is 0.500. The summed E-state index contributed by atoms with van der Waals surface area (Å²) in [5, 5.41) is 4.95. The highest BCUT2D eigenvalue weighted by atomic mass is 35.5. The van der Waals surface area contributed by atoms with Crippen LogP contribution in [0.2, 0.25) is 5.02 Å². The van der Waals surface area contributed by atoms with E-state index >= 15 is 0 Å². The normalized spacial score (nSPS) is 16.8. The van der Waals surface area contributed by atoms with Crippen LogP contribution in [0.5, 0.6) is 0 Å². The Morgan fingerprint density at radius 3 is 2.61 bits per heavy atom. The Morgan fingerprint density at radius 1 is 1.26 bits per heavy atom. The number of fused-ring (bicyclic) bond motifs is 1. The Bertz CT molecular complexity index is 709. The molecule has 23 heavy (non-hydrogen) atoms. The number of halogens is 1. The van der Waals surface area contributed by atoms with E-state index in [1.165, 1.54) is 5.69 Å². The zero-order chi connectivity index (χ0) is 16.6. The van der Waals surface area contributed by atoms with Gasteiger partial charge in [-0.15, -0.1) is 0 Å². The van der Waals surface area contributed by atoms with Crippen LogP contribution >= 0.6 is 11.6 Å². The maximum absolute atomic E-state index is 12.2. The molecule has 0 bridgehead atoms. The third-order valence-electron chi connectivity index (χ3n) is 4.31. The summed E-state index contributed by atoms with van der Waals surface area (Å²) in [6, 6.07) is 8.15. The van der Waals surface area contributed by atoms with Crippen LogP contribution in [0.15, 0.2) is 24.3 Å². The van der Waals surface area contributed by atoms with Crippen LogP contribution in [0.1, 0.15) is 45.2 Å². The first kappa shape index (κ1) is 16.2. The number of nitrogens with one attached hydrogen (secondary N) is 2. The smallest absolute Gasteiger partial charge is 0.317 e. The van der Waals surface area contributed by atoms with Crippen LogP contribution in [0.4, 0.5) is 4.79 Å². The molecule has 0 radical (unpaired) electrons. The monoisotopic (exact) mass is 333 g/mol. The van der Waals surface area contributed by atoms with E-state index in [2.05, 4.69) is 16.4 Å². The van der Waals surface area contributed by atoms with Gasteiger partial charge in [0.15, 0.2) is 0 Å². The lowest BCUT2D eigenvalue weighted by Gasteiger charge is -2.34. The van der Waals surface area contributed by atoms with Gasteiger partial charge in [0.05, 0.1) is 0 Å². The molecule has 4 nitrogen and oxygen atoms in total. The topological polar surface area (TPSA) is 48.1 Å². The molecule has 5 heteroatoms. The average molecular weight is 334 g/mol. The van der Waals surface area contributed by atoms with E-state index in [1.54, 1.807) is 0 Å². The Balaban J connectivity index is 1.65. The minimum atomic E-state index is -0.190. The van der Waals surface area contributed by atoms with E-state index in [0.29, 0.717) is 5.92 Å². The Kier molecular flexibility index (Phi) is 4.28. The van der Waals surface area contributed by atoms with Crippen LogP contribution in [-0.4, -0.2) is 34.5 Å². The van der Waals surface area contributed by atoms with Crippen molar-refractivity contribution < 1.29 is 4.79 Å². The second kappa shape index (κ2) is 6.08. The van der Waals surface area contributed by atoms with Crippen molar-refractivity contribution >= 4 is 28.5 Å². The van der Waals surface area contributed by atoms with Crippen molar-refractivity contribution in [2.24, 2.45) is 0 Å². The molecule has 2 aromatic rings. The first-order chi connectivity index (χ1) is 10.8. The molecule has 1 saturated heterocycles. The van der Waals surface area contributed by atoms with Crippen molar-refractivity contribution in [1.82, 2.24) is 15.2 Å². The Labute approximate surface area is 142 Å². The zero-order valence-corrected chi connectivity index (χ0v) is 14.7. The van der Waals surface area contributed by atoms with Crippen molar-refractivity contribution in [3.63, 3.8) is 0 Å². The maximum atomic E-state index is 12.2. The molecule has 1 aliphatic heterocycles. The summed E-state index contributed by atoms with van der Waals surface area (Å²) in [7, 11) is 0. The summed E-state index contributed by atoms with van der Waals surface area (Å²) >= 11 is 6.06. The minimum Gasteiger partial charge on any atom is -0.358 e. The van der Waals surface area contributed by atoms with Crippen LogP contribution in [-0.2, 0) is 0 Å². The van der Waals surface area contributed by atoms with Gasteiger partial charge in [-0.1, -0.05) is 11.6 Å². The van der Waals surface area contributed by atoms with Gasteiger partial charge in [-0.3, -0.25) is 0 Å². The highest BCUT2D eigenvalue weighted by molar-refractivity contribution is 6.31. The standard InChI is InChI=1S/C18H24ClN3O/c1-18(2,3)21-17(23)22-8-6-12(7-9-22)16-11-13-10-14(19)4-5-15(13)20-16/h4-5,10-12,20H,6-9H2,1-3H3,(H,21,23). The molecule has 2 N–H and O–H groups in total. The molecular formula is C18H24ClN3O. The number of aromatic nitrogens is 1. The van der Waals surface area contributed by atoms with Gasteiger partial charge in [-0.25, -0.2) is 4.79 Å². The molecule has 1 aromatic heterocycles. The van der Waals surface area contributed by atoms with Gasteiger partial charge in [-0.2, -0.15) is 0 Å². The van der Waals surface area contributed by atoms with Gasteiger partial charge in [-0.05, 0) is 57.9 Å². The molecule has 2 amide bonds. The van der Waals surface area contributed by atoms with Crippen molar-refractivity contribution in [2.75, 3.05) is 13.1 Å². The van der Waals surface area contributed by atoms with Gasteiger partial charge in [0.2, 0.25) is 0 Å². The molecule has 124 valence electrons. The second-order valence-corrected chi connectivity index (χ2v) is 7.83. The predicted octanol–water partition coefficient (Wildman–Crippen LogP) is 4.51.